The van der Waals surface area contributed by atoms with E-state index in [2.05, 4.69) is 10.3 Å². The lowest BCUT2D eigenvalue weighted by Crippen LogP contribution is -2.35. The quantitative estimate of drug-likeness (QED) is 0.760. The molecule has 9 heteroatoms. The van der Waals surface area contributed by atoms with E-state index in [0.29, 0.717) is 16.9 Å². The number of rotatable bonds is 4. The second-order valence-electron chi connectivity index (χ2n) is 5.89. The number of hydrogen-bond donors (Lipinski definition) is 2. The van der Waals surface area contributed by atoms with Gasteiger partial charge in [-0.2, -0.15) is 0 Å². The van der Waals surface area contributed by atoms with Gasteiger partial charge in [-0.1, -0.05) is 30.3 Å². The minimum absolute atomic E-state index is 0. The van der Waals surface area contributed by atoms with Gasteiger partial charge in [0.2, 0.25) is 5.91 Å². The number of carboxylic acid groups (broad SMARTS) is 1. The van der Waals surface area contributed by atoms with Gasteiger partial charge in [0.05, 0.1) is 6.54 Å². The number of carbonyl (C=O) groups is 3. The van der Waals surface area contributed by atoms with Crippen LogP contribution in [-0.4, -0.2) is 39.5 Å². The van der Waals surface area contributed by atoms with Crippen molar-refractivity contribution in [1.82, 2.24) is 9.88 Å². The summed E-state index contributed by atoms with van der Waals surface area (Å²) in [5.74, 6) is -1.12. The Kier molecular flexibility index (Phi) is 7.11. The molecule has 28 heavy (non-hydrogen) atoms. The summed E-state index contributed by atoms with van der Waals surface area (Å²) in [7, 11) is 0. The number of nitrogens with zero attached hydrogens (tertiary/aromatic N) is 2. The second kappa shape index (κ2) is 9.52. The Morgan fingerprint density at radius 1 is 1.25 bits per heavy atom. The fraction of sp³-hybridized carbons (Fsp3) is 0.158. The lowest BCUT2D eigenvalue weighted by atomic mass is 10.1. The number of carbonyl (C=O) groups excluding carboxylic acids is 2. The van der Waals surface area contributed by atoms with Crippen LogP contribution in [0.15, 0.2) is 48.7 Å². The summed E-state index contributed by atoms with van der Waals surface area (Å²) in [6, 6.07) is 10.9. The van der Waals surface area contributed by atoms with E-state index in [-0.39, 0.29) is 38.0 Å². The van der Waals surface area contributed by atoms with Crippen LogP contribution in [0.2, 0.25) is 0 Å². The smallest absolute Gasteiger partial charge is 0.410 e. The van der Waals surface area contributed by atoms with Gasteiger partial charge in [0.1, 0.15) is 19.0 Å². The molecule has 0 bridgehead atoms. The van der Waals surface area contributed by atoms with Gasteiger partial charge >= 0.3 is 12.1 Å². The number of aliphatic carboxylic acids is 1. The Hall–Kier alpha value is -3.39. The fourth-order valence-electron chi connectivity index (χ4n) is 2.57. The molecule has 1 aromatic heterocycles. The first kappa shape index (κ1) is 20.9. The van der Waals surface area contributed by atoms with E-state index >= 15 is 0 Å². The number of amides is 2. The molecule has 0 saturated heterocycles. The van der Waals surface area contributed by atoms with Crippen molar-refractivity contribution in [3.63, 3.8) is 0 Å². The van der Waals surface area contributed by atoms with Crippen molar-refractivity contribution < 1.29 is 24.2 Å². The number of hydrogen-bond acceptors (Lipinski definition) is 5. The zero-order chi connectivity index (χ0) is 19.2. The molecule has 2 aromatic rings. The molecule has 0 unspecified atom stereocenters. The van der Waals surface area contributed by atoms with E-state index in [0.717, 1.165) is 11.6 Å². The maximum atomic E-state index is 12.4. The molecule has 1 aliphatic heterocycles. The highest BCUT2D eigenvalue weighted by Crippen LogP contribution is 2.21. The summed E-state index contributed by atoms with van der Waals surface area (Å²) in [5.41, 5.74) is 1.98. The van der Waals surface area contributed by atoms with Gasteiger partial charge in [-0.15, -0.1) is 12.4 Å². The second-order valence-corrected chi connectivity index (χ2v) is 5.89. The van der Waals surface area contributed by atoms with E-state index < -0.39 is 12.1 Å². The highest BCUT2D eigenvalue weighted by molar-refractivity contribution is 5.95. The largest absolute Gasteiger partial charge is 0.478 e. The lowest BCUT2D eigenvalue weighted by Gasteiger charge is -2.19. The van der Waals surface area contributed by atoms with Crippen LogP contribution in [0, 0.1) is 0 Å². The molecule has 0 radical (unpaired) electrons. The Balaban J connectivity index is 0.00000280. The number of aromatic nitrogens is 1. The van der Waals surface area contributed by atoms with Gasteiger partial charge in [-0.25, -0.2) is 14.6 Å². The van der Waals surface area contributed by atoms with Crippen LogP contribution < -0.4 is 5.32 Å². The van der Waals surface area contributed by atoms with Crippen molar-refractivity contribution in [2.24, 2.45) is 0 Å². The first-order valence-corrected chi connectivity index (χ1v) is 8.16. The van der Waals surface area contributed by atoms with Crippen molar-refractivity contribution in [3.8, 4) is 0 Å². The van der Waals surface area contributed by atoms with Gasteiger partial charge in [0, 0.05) is 17.8 Å². The van der Waals surface area contributed by atoms with Crippen molar-refractivity contribution >= 4 is 42.3 Å². The SMILES string of the molecule is Cl.O=C(O)/C=C/c1cnc2c(c1)CN(C(=O)OCc1ccccc1)CC(=O)N2. The van der Waals surface area contributed by atoms with Crippen molar-refractivity contribution in [2.45, 2.75) is 13.2 Å². The van der Waals surface area contributed by atoms with E-state index in [1.165, 1.54) is 17.2 Å². The molecule has 1 aromatic carbocycles. The zero-order valence-corrected chi connectivity index (χ0v) is 15.5. The highest BCUT2D eigenvalue weighted by atomic mass is 35.5. The third-order valence-corrected chi connectivity index (χ3v) is 3.82. The monoisotopic (exact) mass is 403 g/mol. The summed E-state index contributed by atoms with van der Waals surface area (Å²) < 4.78 is 5.29. The van der Waals surface area contributed by atoms with Crippen molar-refractivity contribution in [3.05, 3.63) is 65.4 Å². The standard InChI is InChI=1S/C19H17N3O5.ClH/c23-16-11-22(19(26)27-12-13-4-2-1-3-5-13)10-15-8-14(6-7-17(24)25)9-20-18(15)21-16;/h1-9H,10-12H2,(H,24,25)(H,20,21,23);1H/b7-6+;. The van der Waals surface area contributed by atoms with Crippen LogP contribution in [0.3, 0.4) is 0 Å². The number of benzene rings is 1. The summed E-state index contributed by atoms with van der Waals surface area (Å²) in [5, 5.41) is 11.4. The molecule has 0 spiro atoms. The average Bonchev–Trinajstić information content (AvgIpc) is 2.83. The lowest BCUT2D eigenvalue weighted by molar-refractivity contribution is -0.131. The molecule has 2 heterocycles. The van der Waals surface area contributed by atoms with E-state index in [1.807, 2.05) is 30.3 Å². The molecule has 0 atom stereocenters. The van der Waals surface area contributed by atoms with Crippen LogP contribution in [0.1, 0.15) is 16.7 Å². The number of nitrogens with one attached hydrogen (secondary N) is 1. The first-order valence-electron chi connectivity index (χ1n) is 8.16. The molecule has 8 nitrogen and oxygen atoms in total. The molecule has 2 amide bonds. The van der Waals surface area contributed by atoms with E-state index in [1.54, 1.807) is 6.07 Å². The van der Waals surface area contributed by atoms with Gasteiger partial charge < -0.3 is 15.2 Å². The number of pyridine rings is 1. The Bertz CT molecular complexity index is 902. The minimum Gasteiger partial charge on any atom is -0.478 e. The summed E-state index contributed by atoms with van der Waals surface area (Å²) in [6.45, 7) is 0.0536. The third-order valence-electron chi connectivity index (χ3n) is 3.82. The molecule has 0 saturated carbocycles. The summed E-state index contributed by atoms with van der Waals surface area (Å²) in [6.07, 6.45) is 3.21. The molecular formula is C19H18ClN3O5. The van der Waals surface area contributed by atoms with Gasteiger partial charge in [0.15, 0.2) is 0 Å². The topological polar surface area (TPSA) is 109 Å². The summed E-state index contributed by atoms with van der Waals surface area (Å²) in [4.78, 5) is 40.5. The number of halogens is 1. The van der Waals surface area contributed by atoms with Gasteiger partial charge in [0.25, 0.3) is 0 Å². The number of fused-ring (bicyclic) bond motifs is 1. The molecule has 3 rings (SSSR count). The molecule has 1 aliphatic rings. The normalized spacial score (nSPS) is 13.1. The third kappa shape index (κ3) is 5.55. The van der Waals surface area contributed by atoms with E-state index in [9.17, 15) is 14.4 Å². The molecule has 2 N–H and O–H groups in total. The van der Waals surface area contributed by atoms with Crippen molar-refractivity contribution in [2.75, 3.05) is 11.9 Å². The molecular weight excluding hydrogens is 386 g/mol. The first-order chi connectivity index (χ1) is 13.0. The fourth-order valence-corrected chi connectivity index (χ4v) is 2.57. The Morgan fingerprint density at radius 2 is 2.00 bits per heavy atom. The van der Waals surface area contributed by atoms with Gasteiger partial charge in [-0.05, 0) is 23.3 Å². The summed E-state index contributed by atoms with van der Waals surface area (Å²) >= 11 is 0. The molecule has 146 valence electrons. The number of carboxylic acids is 1. The average molecular weight is 404 g/mol. The van der Waals surface area contributed by atoms with Crippen LogP contribution >= 0.6 is 12.4 Å². The maximum absolute atomic E-state index is 12.4. The molecule has 0 aliphatic carbocycles. The Labute approximate surface area is 167 Å². The van der Waals surface area contributed by atoms with Crippen molar-refractivity contribution in [1.29, 1.82) is 0 Å². The Morgan fingerprint density at radius 3 is 2.71 bits per heavy atom. The zero-order valence-electron chi connectivity index (χ0n) is 14.7. The number of ether oxygens (including phenoxy) is 1. The molecule has 0 fully saturated rings. The van der Waals surface area contributed by atoms with Crippen LogP contribution in [0.5, 0.6) is 0 Å². The predicted molar refractivity (Wildman–Crippen MR) is 104 cm³/mol. The van der Waals surface area contributed by atoms with Crippen LogP contribution in [-0.2, 0) is 27.5 Å². The highest BCUT2D eigenvalue weighted by Gasteiger charge is 2.25. The number of anilines is 1. The van der Waals surface area contributed by atoms with Crippen LogP contribution in [0.4, 0.5) is 10.6 Å². The van der Waals surface area contributed by atoms with E-state index in [4.69, 9.17) is 9.84 Å². The van der Waals surface area contributed by atoms with Gasteiger partial charge in [-0.3, -0.25) is 9.69 Å². The maximum Gasteiger partial charge on any atom is 0.410 e. The minimum atomic E-state index is -1.08. The van der Waals surface area contributed by atoms with Crippen LogP contribution in [0.25, 0.3) is 6.08 Å². The predicted octanol–water partition coefficient (Wildman–Crippen LogP) is 2.69.